The van der Waals surface area contributed by atoms with E-state index in [1.807, 2.05) is 0 Å². The normalized spacial score (nSPS) is 21.9. The molecule has 2 heterocycles. The number of aromatic nitrogens is 1. The van der Waals surface area contributed by atoms with Crippen LogP contribution in [-0.2, 0) is 14.6 Å². The molecule has 88 valence electrons. The Bertz CT molecular complexity index is 467. The third kappa shape index (κ3) is 2.03. The number of sulfone groups is 1. The molecule has 5 nitrogen and oxygen atoms in total. The Balaban J connectivity index is 2.35. The topological polar surface area (TPSA) is 82.3 Å². The van der Waals surface area contributed by atoms with Crippen LogP contribution in [0.3, 0.4) is 0 Å². The van der Waals surface area contributed by atoms with Crippen molar-refractivity contribution in [2.45, 2.75) is 23.0 Å². The SMILES string of the molecule is Nc1cnccc1S(=O)(=O)C1CCCOC1. The van der Waals surface area contributed by atoms with Crippen molar-refractivity contribution in [3.8, 4) is 0 Å². The minimum Gasteiger partial charge on any atom is -0.396 e. The van der Waals surface area contributed by atoms with Crippen LogP contribution in [0.1, 0.15) is 12.8 Å². The van der Waals surface area contributed by atoms with E-state index in [4.69, 9.17) is 10.5 Å². The molecule has 1 saturated heterocycles. The fourth-order valence-corrected chi connectivity index (χ4v) is 3.53. The molecule has 2 N–H and O–H groups in total. The maximum atomic E-state index is 12.2. The minimum atomic E-state index is -3.38. The van der Waals surface area contributed by atoms with Crippen molar-refractivity contribution in [2.24, 2.45) is 0 Å². The van der Waals surface area contributed by atoms with Crippen LogP contribution in [0, 0.1) is 0 Å². The van der Waals surface area contributed by atoms with Crippen molar-refractivity contribution in [1.82, 2.24) is 4.98 Å². The Morgan fingerprint density at radius 1 is 1.50 bits per heavy atom. The Labute approximate surface area is 94.5 Å². The Kier molecular flexibility index (Phi) is 3.11. The molecule has 0 aromatic carbocycles. The van der Waals surface area contributed by atoms with E-state index in [0.717, 1.165) is 6.42 Å². The lowest BCUT2D eigenvalue weighted by Crippen LogP contribution is -2.31. The van der Waals surface area contributed by atoms with Crippen LogP contribution in [0.4, 0.5) is 5.69 Å². The molecule has 6 heteroatoms. The van der Waals surface area contributed by atoms with E-state index >= 15 is 0 Å². The molecule has 1 aliphatic heterocycles. The van der Waals surface area contributed by atoms with E-state index in [2.05, 4.69) is 4.98 Å². The molecule has 1 atom stereocenters. The van der Waals surface area contributed by atoms with E-state index in [-0.39, 0.29) is 17.2 Å². The highest BCUT2D eigenvalue weighted by molar-refractivity contribution is 7.92. The maximum absolute atomic E-state index is 12.2. The van der Waals surface area contributed by atoms with Crippen LogP contribution in [-0.4, -0.2) is 31.9 Å². The fourth-order valence-electron chi connectivity index (χ4n) is 1.79. The Morgan fingerprint density at radius 3 is 2.94 bits per heavy atom. The lowest BCUT2D eigenvalue weighted by Gasteiger charge is -2.22. The quantitative estimate of drug-likeness (QED) is 0.822. The van der Waals surface area contributed by atoms with Gasteiger partial charge in [0.1, 0.15) is 0 Å². The number of anilines is 1. The van der Waals surface area contributed by atoms with Crippen molar-refractivity contribution in [2.75, 3.05) is 18.9 Å². The molecule has 0 saturated carbocycles. The monoisotopic (exact) mass is 242 g/mol. The summed E-state index contributed by atoms with van der Waals surface area (Å²) in [5.74, 6) is 0. The van der Waals surface area contributed by atoms with E-state index in [1.54, 1.807) is 0 Å². The van der Waals surface area contributed by atoms with Crippen LogP contribution in [0.5, 0.6) is 0 Å². The highest BCUT2D eigenvalue weighted by Crippen LogP contribution is 2.25. The predicted molar refractivity (Wildman–Crippen MR) is 59.7 cm³/mol. The van der Waals surface area contributed by atoms with E-state index in [9.17, 15) is 8.42 Å². The van der Waals surface area contributed by atoms with Crippen LogP contribution in [0.15, 0.2) is 23.4 Å². The van der Waals surface area contributed by atoms with Gasteiger partial charge in [-0.25, -0.2) is 8.42 Å². The fraction of sp³-hybridized carbons (Fsp3) is 0.500. The van der Waals surface area contributed by atoms with Gasteiger partial charge >= 0.3 is 0 Å². The summed E-state index contributed by atoms with van der Waals surface area (Å²) in [6, 6.07) is 1.44. The second kappa shape index (κ2) is 4.39. The molecule has 0 amide bonds. The van der Waals surface area contributed by atoms with E-state index in [1.165, 1.54) is 18.5 Å². The third-order valence-corrected chi connectivity index (χ3v) is 4.91. The van der Waals surface area contributed by atoms with Gasteiger partial charge in [0, 0.05) is 12.8 Å². The molecule has 2 rings (SSSR count). The van der Waals surface area contributed by atoms with Crippen LogP contribution < -0.4 is 5.73 Å². The van der Waals surface area contributed by atoms with Crippen LogP contribution in [0.25, 0.3) is 0 Å². The Morgan fingerprint density at radius 2 is 2.31 bits per heavy atom. The first kappa shape index (κ1) is 11.3. The van der Waals surface area contributed by atoms with Gasteiger partial charge in [-0.3, -0.25) is 4.98 Å². The Hall–Kier alpha value is -1.14. The van der Waals surface area contributed by atoms with Gasteiger partial charge in [0.25, 0.3) is 0 Å². The summed E-state index contributed by atoms with van der Waals surface area (Å²) in [7, 11) is -3.38. The summed E-state index contributed by atoms with van der Waals surface area (Å²) >= 11 is 0. The molecule has 16 heavy (non-hydrogen) atoms. The average molecular weight is 242 g/mol. The summed E-state index contributed by atoms with van der Waals surface area (Å²) in [4.78, 5) is 3.95. The predicted octanol–water partition coefficient (Wildman–Crippen LogP) is 0.617. The van der Waals surface area contributed by atoms with Gasteiger partial charge in [0.2, 0.25) is 0 Å². The van der Waals surface area contributed by atoms with Crippen molar-refractivity contribution in [1.29, 1.82) is 0 Å². The number of pyridine rings is 1. The molecular weight excluding hydrogens is 228 g/mol. The minimum absolute atomic E-state index is 0.165. The van der Waals surface area contributed by atoms with Gasteiger partial charge in [-0.05, 0) is 18.9 Å². The lowest BCUT2D eigenvalue weighted by molar-refractivity contribution is 0.0991. The van der Waals surface area contributed by atoms with E-state index < -0.39 is 15.1 Å². The number of nitrogens with two attached hydrogens (primary N) is 1. The van der Waals surface area contributed by atoms with Gasteiger partial charge < -0.3 is 10.5 Å². The number of nitrogens with zero attached hydrogens (tertiary/aromatic N) is 1. The first-order chi connectivity index (χ1) is 7.62. The lowest BCUT2D eigenvalue weighted by atomic mass is 10.2. The highest BCUT2D eigenvalue weighted by atomic mass is 32.2. The summed E-state index contributed by atoms with van der Waals surface area (Å²) < 4.78 is 29.6. The first-order valence-electron chi connectivity index (χ1n) is 5.13. The summed E-state index contributed by atoms with van der Waals surface area (Å²) in [5.41, 5.74) is 5.83. The molecule has 0 radical (unpaired) electrons. The number of ether oxygens (including phenoxy) is 1. The molecule has 1 fully saturated rings. The summed E-state index contributed by atoms with van der Waals surface area (Å²) in [6.45, 7) is 0.891. The van der Waals surface area contributed by atoms with Gasteiger partial charge in [0.05, 0.1) is 28.6 Å². The van der Waals surface area contributed by atoms with Crippen molar-refractivity contribution >= 4 is 15.5 Å². The van der Waals surface area contributed by atoms with E-state index in [0.29, 0.717) is 13.0 Å². The van der Waals surface area contributed by atoms with Gasteiger partial charge in [-0.15, -0.1) is 0 Å². The first-order valence-corrected chi connectivity index (χ1v) is 6.68. The second-order valence-corrected chi connectivity index (χ2v) is 5.99. The zero-order chi connectivity index (χ0) is 11.6. The number of hydrogen-bond acceptors (Lipinski definition) is 5. The number of nitrogen functional groups attached to an aromatic ring is 1. The van der Waals surface area contributed by atoms with Gasteiger partial charge in [0.15, 0.2) is 9.84 Å². The number of hydrogen-bond donors (Lipinski definition) is 1. The molecule has 0 spiro atoms. The molecule has 1 aromatic heterocycles. The highest BCUT2D eigenvalue weighted by Gasteiger charge is 2.30. The smallest absolute Gasteiger partial charge is 0.185 e. The van der Waals surface area contributed by atoms with Crippen molar-refractivity contribution < 1.29 is 13.2 Å². The second-order valence-electron chi connectivity index (χ2n) is 3.80. The summed E-state index contributed by atoms with van der Waals surface area (Å²) in [5, 5.41) is -0.481. The average Bonchev–Trinajstić information content (AvgIpc) is 2.30. The van der Waals surface area contributed by atoms with Crippen LogP contribution in [0.2, 0.25) is 0 Å². The molecule has 1 unspecified atom stereocenters. The van der Waals surface area contributed by atoms with Crippen LogP contribution >= 0.6 is 0 Å². The molecule has 1 aliphatic rings. The van der Waals surface area contributed by atoms with Crippen molar-refractivity contribution in [3.63, 3.8) is 0 Å². The zero-order valence-corrected chi connectivity index (χ0v) is 9.61. The largest absolute Gasteiger partial charge is 0.396 e. The standard InChI is InChI=1S/C10H14N2O3S/c11-9-6-12-4-3-10(9)16(13,14)8-2-1-5-15-7-8/h3-4,6,8H,1-2,5,7,11H2. The maximum Gasteiger partial charge on any atom is 0.185 e. The third-order valence-electron chi connectivity index (χ3n) is 2.67. The zero-order valence-electron chi connectivity index (χ0n) is 8.80. The number of rotatable bonds is 2. The molecule has 1 aromatic rings. The van der Waals surface area contributed by atoms with Gasteiger partial charge in [-0.1, -0.05) is 0 Å². The summed E-state index contributed by atoms with van der Waals surface area (Å²) in [6.07, 6.45) is 4.20. The van der Waals surface area contributed by atoms with Crippen molar-refractivity contribution in [3.05, 3.63) is 18.5 Å². The molecular formula is C10H14N2O3S. The molecule has 0 bridgehead atoms. The van der Waals surface area contributed by atoms with Gasteiger partial charge in [-0.2, -0.15) is 0 Å². The molecule has 0 aliphatic carbocycles.